The lowest BCUT2D eigenvalue weighted by Crippen LogP contribution is -2.00. The minimum atomic E-state index is 0.397. The van der Waals surface area contributed by atoms with Gasteiger partial charge >= 0.3 is 0 Å². The van der Waals surface area contributed by atoms with Crippen molar-refractivity contribution in [2.75, 3.05) is 5.32 Å². The lowest BCUT2D eigenvalue weighted by Gasteiger charge is -2.09. The molecule has 26 heavy (non-hydrogen) atoms. The molecule has 0 saturated carbocycles. The molecule has 0 aliphatic carbocycles. The summed E-state index contributed by atoms with van der Waals surface area (Å²) in [5.41, 5.74) is 5.00. The zero-order valence-electron chi connectivity index (χ0n) is 14.7. The summed E-state index contributed by atoms with van der Waals surface area (Å²) in [6, 6.07) is 18.1. The Hall–Kier alpha value is -3.34. The van der Waals surface area contributed by atoms with Gasteiger partial charge in [0.2, 0.25) is 0 Å². The predicted molar refractivity (Wildman–Crippen MR) is 104 cm³/mol. The first kappa shape index (κ1) is 16.1. The van der Waals surface area contributed by atoms with Crippen LogP contribution in [0.15, 0.2) is 67.0 Å². The summed E-state index contributed by atoms with van der Waals surface area (Å²) in [6.07, 6.45) is 3.67. The van der Waals surface area contributed by atoms with E-state index in [1.165, 1.54) is 0 Å². The lowest BCUT2D eigenvalue weighted by atomic mass is 10.1. The third-order valence-electron chi connectivity index (χ3n) is 4.24. The van der Waals surface area contributed by atoms with E-state index < -0.39 is 0 Å². The predicted octanol–water partition coefficient (Wildman–Crippen LogP) is 4.95. The monoisotopic (exact) mass is 341 g/mol. The molecule has 0 aliphatic rings. The van der Waals surface area contributed by atoms with E-state index in [2.05, 4.69) is 57.5 Å². The minimum absolute atomic E-state index is 0.397. The number of fused-ring (bicyclic) bond motifs is 1. The highest BCUT2D eigenvalue weighted by atomic mass is 15.2. The van der Waals surface area contributed by atoms with Gasteiger partial charge in [0, 0.05) is 11.8 Å². The highest BCUT2D eigenvalue weighted by Crippen LogP contribution is 2.24. The maximum absolute atomic E-state index is 4.69. The lowest BCUT2D eigenvalue weighted by molar-refractivity contribution is 0.843. The first-order valence-electron chi connectivity index (χ1n) is 8.61. The molecule has 0 saturated heterocycles. The van der Waals surface area contributed by atoms with Crippen LogP contribution in [0.4, 0.5) is 11.6 Å². The first-order chi connectivity index (χ1) is 12.7. The van der Waals surface area contributed by atoms with Crippen molar-refractivity contribution < 1.29 is 0 Å². The van der Waals surface area contributed by atoms with Crippen molar-refractivity contribution >= 4 is 22.7 Å². The zero-order valence-corrected chi connectivity index (χ0v) is 14.7. The quantitative estimate of drug-likeness (QED) is 0.569. The van der Waals surface area contributed by atoms with E-state index in [1.54, 1.807) is 6.20 Å². The molecule has 1 N–H and O–H groups in total. The van der Waals surface area contributed by atoms with Gasteiger partial charge in [0.1, 0.15) is 5.82 Å². The van der Waals surface area contributed by atoms with Gasteiger partial charge in [-0.05, 0) is 41.3 Å². The molecule has 1 aromatic carbocycles. The Labute approximate surface area is 152 Å². The molecule has 0 atom stereocenters. The minimum Gasteiger partial charge on any atom is -0.323 e. The number of nitrogens with zero attached hydrogens (tertiary/aromatic N) is 4. The van der Waals surface area contributed by atoms with Crippen molar-refractivity contribution in [3.05, 3.63) is 72.6 Å². The average Bonchev–Trinajstić information content (AvgIpc) is 2.68. The zero-order chi connectivity index (χ0) is 17.9. The highest BCUT2D eigenvalue weighted by molar-refractivity contribution is 5.81. The van der Waals surface area contributed by atoms with E-state index in [-0.39, 0.29) is 0 Å². The number of pyridine rings is 2. The number of anilines is 2. The van der Waals surface area contributed by atoms with Crippen molar-refractivity contribution in [2.45, 2.75) is 19.8 Å². The molecule has 128 valence electrons. The molecule has 4 rings (SSSR count). The molecule has 0 radical (unpaired) electrons. The van der Waals surface area contributed by atoms with Gasteiger partial charge in [0.05, 0.1) is 17.2 Å². The van der Waals surface area contributed by atoms with E-state index in [0.29, 0.717) is 11.7 Å². The number of hydrogen-bond donors (Lipinski definition) is 1. The van der Waals surface area contributed by atoms with Gasteiger partial charge < -0.3 is 5.32 Å². The summed E-state index contributed by atoms with van der Waals surface area (Å²) >= 11 is 0. The normalized spacial score (nSPS) is 11.0. The Kier molecular flexibility index (Phi) is 4.27. The van der Waals surface area contributed by atoms with Gasteiger partial charge in [0.15, 0.2) is 5.82 Å². The fraction of sp³-hybridized carbons (Fsp3) is 0.143. The van der Waals surface area contributed by atoms with Crippen LogP contribution in [0.1, 0.15) is 25.3 Å². The molecule has 0 spiro atoms. The second-order valence-corrected chi connectivity index (χ2v) is 6.48. The molecule has 0 unspecified atom stereocenters. The number of rotatable bonds is 4. The van der Waals surface area contributed by atoms with Crippen LogP contribution in [0.5, 0.6) is 0 Å². The van der Waals surface area contributed by atoms with Crippen LogP contribution in [0, 0.1) is 0 Å². The van der Waals surface area contributed by atoms with Crippen LogP contribution < -0.4 is 5.32 Å². The summed E-state index contributed by atoms with van der Waals surface area (Å²) in [5, 5.41) is 11.4. The largest absolute Gasteiger partial charge is 0.323 e. The second kappa shape index (κ2) is 6.88. The number of nitrogens with one attached hydrogen (secondary N) is 1. The van der Waals surface area contributed by atoms with Crippen molar-refractivity contribution in [1.29, 1.82) is 0 Å². The van der Waals surface area contributed by atoms with Crippen molar-refractivity contribution in [2.24, 2.45) is 0 Å². The Morgan fingerprint density at radius 1 is 0.808 bits per heavy atom. The topological polar surface area (TPSA) is 63.6 Å². The highest BCUT2D eigenvalue weighted by Gasteiger charge is 2.06. The molecule has 0 bridgehead atoms. The molecule has 3 aromatic heterocycles. The Bertz CT molecular complexity index is 1040. The standard InChI is InChI=1S/C21H19N5/c1-14(2)16-11-21(26-23-13-16)25-20-9-8-18-19(24-20)10-17(12-22-18)15-6-4-3-5-7-15/h3-14H,1-2H3,(H,24,25,26). The molecule has 0 aliphatic heterocycles. The van der Waals surface area contributed by atoms with Crippen LogP contribution in [-0.4, -0.2) is 20.2 Å². The van der Waals surface area contributed by atoms with Gasteiger partial charge in [-0.25, -0.2) is 4.98 Å². The SMILES string of the molecule is CC(C)c1cnnc(Nc2ccc3ncc(-c4ccccc4)cc3n2)c1. The maximum Gasteiger partial charge on any atom is 0.154 e. The fourth-order valence-electron chi connectivity index (χ4n) is 2.75. The van der Waals surface area contributed by atoms with E-state index in [4.69, 9.17) is 0 Å². The number of benzene rings is 1. The summed E-state index contributed by atoms with van der Waals surface area (Å²) in [4.78, 5) is 9.21. The first-order valence-corrected chi connectivity index (χ1v) is 8.61. The number of aromatic nitrogens is 4. The van der Waals surface area contributed by atoms with Gasteiger partial charge in [-0.2, -0.15) is 5.10 Å². The Balaban J connectivity index is 1.67. The van der Waals surface area contributed by atoms with Crippen LogP contribution in [-0.2, 0) is 0 Å². The van der Waals surface area contributed by atoms with Crippen LogP contribution >= 0.6 is 0 Å². The van der Waals surface area contributed by atoms with Gasteiger partial charge in [-0.1, -0.05) is 44.2 Å². The third kappa shape index (κ3) is 3.37. The second-order valence-electron chi connectivity index (χ2n) is 6.48. The van der Waals surface area contributed by atoms with Gasteiger partial charge in [-0.3, -0.25) is 4.98 Å². The van der Waals surface area contributed by atoms with Crippen molar-refractivity contribution in [1.82, 2.24) is 20.2 Å². The molecule has 0 fully saturated rings. The van der Waals surface area contributed by atoms with E-state index in [9.17, 15) is 0 Å². The van der Waals surface area contributed by atoms with E-state index >= 15 is 0 Å². The molecular weight excluding hydrogens is 322 g/mol. The summed E-state index contributed by atoms with van der Waals surface area (Å²) < 4.78 is 0. The summed E-state index contributed by atoms with van der Waals surface area (Å²) in [6.45, 7) is 4.26. The Morgan fingerprint density at radius 3 is 2.46 bits per heavy atom. The fourth-order valence-corrected chi connectivity index (χ4v) is 2.75. The maximum atomic E-state index is 4.69. The van der Waals surface area contributed by atoms with Crippen LogP contribution in [0.25, 0.3) is 22.2 Å². The molecule has 3 heterocycles. The average molecular weight is 341 g/mol. The molecule has 4 aromatic rings. The smallest absolute Gasteiger partial charge is 0.154 e. The van der Waals surface area contributed by atoms with E-state index in [1.807, 2.05) is 42.6 Å². The van der Waals surface area contributed by atoms with Gasteiger partial charge in [-0.15, -0.1) is 5.10 Å². The molecular formula is C21H19N5. The Morgan fingerprint density at radius 2 is 1.65 bits per heavy atom. The summed E-state index contributed by atoms with van der Waals surface area (Å²) in [7, 11) is 0. The van der Waals surface area contributed by atoms with E-state index in [0.717, 1.165) is 33.5 Å². The van der Waals surface area contributed by atoms with Gasteiger partial charge in [0.25, 0.3) is 0 Å². The molecule has 5 nitrogen and oxygen atoms in total. The molecule has 5 heteroatoms. The third-order valence-corrected chi connectivity index (χ3v) is 4.24. The van der Waals surface area contributed by atoms with Crippen molar-refractivity contribution in [3.8, 4) is 11.1 Å². The van der Waals surface area contributed by atoms with Crippen molar-refractivity contribution in [3.63, 3.8) is 0 Å². The summed E-state index contributed by atoms with van der Waals surface area (Å²) in [5.74, 6) is 1.81. The van der Waals surface area contributed by atoms with Crippen LogP contribution in [0.3, 0.4) is 0 Å². The molecule has 0 amide bonds. The number of hydrogen-bond acceptors (Lipinski definition) is 5. The van der Waals surface area contributed by atoms with Crippen LogP contribution in [0.2, 0.25) is 0 Å².